The van der Waals surface area contributed by atoms with Crippen LogP contribution in [0.15, 0.2) is 0 Å². The Morgan fingerprint density at radius 2 is 1.17 bits per heavy atom. The van der Waals surface area contributed by atoms with Gasteiger partial charge in [-0.3, -0.25) is 24.0 Å². The minimum Gasteiger partial charge on any atom is -0.481 e. The van der Waals surface area contributed by atoms with Gasteiger partial charge in [0.25, 0.3) is 0 Å². The quantitative estimate of drug-likeness (QED) is 0.120. The Balaban J connectivity index is 5.59. The molecule has 0 aromatic rings. The third-order valence-corrected chi connectivity index (χ3v) is 5.49. The van der Waals surface area contributed by atoms with E-state index in [-0.39, 0.29) is 25.2 Å². The fourth-order valence-corrected chi connectivity index (χ4v) is 3.48. The highest BCUT2D eigenvalue weighted by Crippen LogP contribution is 2.08. The fraction of sp³-hybridized carbons (Fsp3) is 0.714. The molecule has 0 aliphatic heterocycles. The topological polar surface area (TPSA) is 225 Å². The third kappa shape index (κ3) is 14.2. The van der Waals surface area contributed by atoms with E-state index < -0.39 is 72.6 Å². The van der Waals surface area contributed by atoms with Gasteiger partial charge in [0.15, 0.2) is 0 Å². The average molecular weight is 521 g/mol. The summed E-state index contributed by atoms with van der Waals surface area (Å²) in [6, 6.07) is -4.99. The smallest absolute Gasteiger partial charge is 0.326 e. The summed E-state index contributed by atoms with van der Waals surface area (Å²) in [5.41, 5.74) is 5.83. The zero-order valence-corrected chi connectivity index (χ0v) is 20.9. The van der Waals surface area contributed by atoms with Gasteiger partial charge in [-0.15, -0.1) is 0 Å². The number of nitrogens with two attached hydrogens (primary N) is 1. The summed E-state index contributed by atoms with van der Waals surface area (Å²) in [6.07, 6.45) is 0.539. The van der Waals surface area contributed by atoms with Gasteiger partial charge in [-0.2, -0.15) is 11.8 Å². The second-order valence-corrected chi connectivity index (χ2v) is 9.39. The molecule has 4 unspecified atom stereocenters. The van der Waals surface area contributed by atoms with E-state index in [0.29, 0.717) is 12.2 Å². The van der Waals surface area contributed by atoms with Crippen LogP contribution in [0.3, 0.4) is 0 Å². The van der Waals surface area contributed by atoms with Crippen molar-refractivity contribution < 1.29 is 44.1 Å². The molecule has 0 aliphatic rings. The highest BCUT2D eigenvalue weighted by Gasteiger charge is 2.31. The summed E-state index contributed by atoms with van der Waals surface area (Å²) in [6.45, 7) is 3.69. The Morgan fingerprint density at radius 3 is 1.54 bits per heavy atom. The summed E-state index contributed by atoms with van der Waals surface area (Å²) < 4.78 is 0. The first-order chi connectivity index (χ1) is 16.3. The molecule has 0 rings (SSSR count). The van der Waals surface area contributed by atoms with E-state index in [1.807, 2.05) is 13.8 Å². The predicted octanol–water partition coefficient (Wildman–Crippen LogP) is -0.618. The summed E-state index contributed by atoms with van der Waals surface area (Å²) in [7, 11) is 0. The van der Waals surface area contributed by atoms with Gasteiger partial charge in [0.1, 0.15) is 18.1 Å². The van der Waals surface area contributed by atoms with Crippen molar-refractivity contribution in [2.45, 2.75) is 76.5 Å². The molecule has 0 saturated heterocycles. The van der Waals surface area contributed by atoms with Gasteiger partial charge in [-0.05, 0) is 43.6 Å². The number of hydrogen-bond acceptors (Lipinski definition) is 8. The molecule has 200 valence electrons. The lowest BCUT2D eigenvalue weighted by molar-refractivity contribution is -0.143. The Morgan fingerprint density at radius 1 is 0.743 bits per heavy atom. The maximum atomic E-state index is 12.9. The first-order valence-corrected chi connectivity index (χ1v) is 12.5. The van der Waals surface area contributed by atoms with Crippen LogP contribution in [0.2, 0.25) is 0 Å². The number of carboxylic acids is 3. The lowest BCUT2D eigenvalue weighted by Crippen LogP contribution is -2.57. The van der Waals surface area contributed by atoms with Gasteiger partial charge in [0, 0.05) is 12.8 Å². The van der Waals surface area contributed by atoms with Crippen LogP contribution in [0.1, 0.15) is 52.4 Å². The Bertz CT molecular complexity index is 763. The Hall–Kier alpha value is -2.87. The third-order valence-electron chi connectivity index (χ3n) is 4.85. The van der Waals surface area contributed by atoms with E-state index in [4.69, 9.17) is 15.9 Å². The molecule has 0 heterocycles. The largest absolute Gasteiger partial charge is 0.481 e. The van der Waals surface area contributed by atoms with Gasteiger partial charge >= 0.3 is 17.9 Å². The van der Waals surface area contributed by atoms with Crippen molar-refractivity contribution in [3.05, 3.63) is 0 Å². The molecule has 0 bridgehead atoms. The number of thioether (sulfide) groups is 1. The summed E-state index contributed by atoms with van der Waals surface area (Å²) in [5.74, 6) is -5.75. The Kier molecular flexibility index (Phi) is 15.3. The van der Waals surface area contributed by atoms with Gasteiger partial charge in [0.05, 0.1) is 6.04 Å². The van der Waals surface area contributed by atoms with E-state index in [1.54, 1.807) is 6.26 Å². The number of carboxylic acid groups (broad SMARTS) is 3. The number of rotatable bonds is 18. The number of nitrogens with one attached hydrogen (secondary N) is 3. The first kappa shape index (κ1) is 32.1. The lowest BCUT2D eigenvalue weighted by Gasteiger charge is -2.25. The normalized spacial score (nSPS) is 14.3. The van der Waals surface area contributed by atoms with Gasteiger partial charge in [-0.1, -0.05) is 13.8 Å². The van der Waals surface area contributed by atoms with Crippen LogP contribution in [-0.4, -0.2) is 87.1 Å². The van der Waals surface area contributed by atoms with Crippen LogP contribution in [0.4, 0.5) is 0 Å². The standard InChI is InChI=1S/C21H36N4O9S/c1-11(2)10-12(22)18(30)23-13(4-6-16(26)27)19(31)24-14(5-7-17(28)29)20(32)25-15(21(33)34)8-9-35-3/h11-15H,4-10,22H2,1-3H3,(H,23,30)(H,24,31)(H,25,32)(H,26,27)(H,28,29)(H,33,34). The van der Waals surface area contributed by atoms with Gasteiger partial charge in [0.2, 0.25) is 17.7 Å². The Labute approximate surface area is 208 Å². The highest BCUT2D eigenvalue weighted by atomic mass is 32.2. The van der Waals surface area contributed by atoms with Crippen molar-refractivity contribution in [1.82, 2.24) is 16.0 Å². The van der Waals surface area contributed by atoms with Crippen LogP contribution >= 0.6 is 11.8 Å². The fourth-order valence-electron chi connectivity index (χ4n) is 3.00. The van der Waals surface area contributed by atoms with Crippen LogP contribution in [0.5, 0.6) is 0 Å². The molecule has 0 radical (unpaired) electrons. The van der Waals surface area contributed by atoms with Crippen molar-refractivity contribution in [2.24, 2.45) is 11.7 Å². The second kappa shape index (κ2) is 16.7. The van der Waals surface area contributed by atoms with Crippen LogP contribution in [0, 0.1) is 5.92 Å². The van der Waals surface area contributed by atoms with Crippen molar-refractivity contribution in [2.75, 3.05) is 12.0 Å². The average Bonchev–Trinajstić information content (AvgIpc) is 2.75. The van der Waals surface area contributed by atoms with E-state index >= 15 is 0 Å². The van der Waals surface area contributed by atoms with Crippen molar-refractivity contribution in [3.8, 4) is 0 Å². The number of amides is 3. The molecule has 3 amide bonds. The van der Waals surface area contributed by atoms with Crippen molar-refractivity contribution in [1.29, 1.82) is 0 Å². The molecular formula is C21H36N4O9S. The maximum Gasteiger partial charge on any atom is 0.326 e. The number of carbonyl (C=O) groups is 6. The van der Waals surface area contributed by atoms with Crippen LogP contribution in [-0.2, 0) is 28.8 Å². The summed E-state index contributed by atoms with van der Waals surface area (Å²) >= 11 is 1.37. The van der Waals surface area contributed by atoms with Gasteiger partial charge in [-0.25, -0.2) is 4.79 Å². The predicted molar refractivity (Wildman–Crippen MR) is 128 cm³/mol. The molecule has 0 fully saturated rings. The molecule has 0 spiro atoms. The first-order valence-electron chi connectivity index (χ1n) is 11.1. The maximum absolute atomic E-state index is 12.9. The molecule has 0 saturated carbocycles. The van der Waals surface area contributed by atoms with E-state index in [1.165, 1.54) is 11.8 Å². The zero-order valence-electron chi connectivity index (χ0n) is 20.1. The molecule has 0 aliphatic carbocycles. The molecule has 14 heteroatoms. The van der Waals surface area contributed by atoms with Crippen molar-refractivity contribution >= 4 is 47.4 Å². The summed E-state index contributed by atoms with van der Waals surface area (Å²) in [5, 5.41) is 34.3. The minimum atomic E-state index is -1.43. The van der Waals surface area contributed by atoms with E-state index in [2.05, 4.69) is 16.0 Å². The molecule has 0 aromatic heterocycles. The minimum absolute atomic E-state index is 0.0828. The van der Waals surface area contributed by atoms with Crippen LogP contribution in [0.25, 0.3) is 0 Å². The van der Waals surface area contributed by atoms with Gasteiger partial charge < -0.3 is 37.0 Å². The SMILES string of the molecule is CSCCC(NC(=O)C(CCC(=O)O)NC(=O)C(CCC(=O)O)NC(=O)C(N)CC(C)C)C(=O)O. The zero-order chi connectivity index (χ0) is 27.1. The molecule has 8 N–H and O–H groups in total. The molecular weight excluding hydrogens is 484 g/mol. The van der Waals surface area contributed by atoms with E-state index in [0.717, 1.165) is 0 Å². The number of aliphatic carboxylic acids is 3. The lowest BCUT2D eigenvalue weighted by atomic mass is 10.0. The molecule has 0 aromatic carbocycles. The summed E-state index contributed by atoms with van der Waals surface area (Å²) in [4.78, 5) is 71.5. The van der Waals surface area contributed by atoms with Crippen LogP contribution < -0.4 is 21.7 Å². The number of carbonyl (C=O) groups excluding carboxylic acids is 3. The highest BCUT2D eigenvalue weighted by molar-refractivity contribution is 7.98. The molecule has 35 heavy (non-hydrogen) atoms. The number of hydrogen-bond donors (Lipinski definition) is 7. The van der Waals surface area contributed by atoms with Crippen molar-refractivity contribution in [3.63, 3.8) is 0 Å². The molecule has 4 atom stereocenters. The monoisotopic (exact) mass is 520 g/mol. The van der Waals surface area contributed by atoms with E-state index in [9.17, 15) is 33.9 Å². The molecule has 13 nitrogen and oxygen atoms in total. The second-order valence-electron chi connectivity index (χ2n) is 8.40.